The van der Waals surface area contributed by atoms with E-state index in [0.717, 1.165) is 95.8 Å². The molecule has 0 heterocycles. The lowest BCUT2D eigenvalue weighted by Crippen LogP contribution is -2.30. The molecule has 0 bridgehead atoms. The molecule has 0 spiro atoms. The summed E-state index contributed by atoms with van der Waals surface area (Å²) in [6.07, 6.45) is 83.4. The van der Waals surface area contributed by atoms with Crippen molar-refractivity contribution in [3.05, 3.63) is 0 Å². The molecule has 0 radical (unpaired) electrons. The first kappa shape index (κ1) is 111. The van der Waals surface area contributed by atoms with E-state index in [0.29, 0.717) is 25.7 Å². The molecular formula is C94H184O17P2. The first-order valence-electron chi connectivity index (χ1n) is 48.6. The number of phosphoric acid groups is 2. The van der Waals surface area contributed by atoms with Crippen LogP contribution in [0.3, 0.4) is 0 Å². The third-order valence-corrected chi connectivity index (χ3v) is 24.2. The summed E-state index contributed by atoms with van der Waals surface area (Å²) in [5.41, 5.74) is 0. The minimum atomic E-state index is -4.97. The Kier molecular flexibility index (Phi) is 85.0. The summed E-state index contributed by atoms with van der Waals surface area (Å²) >= 11 is 0. The van der Waals surface area contributed by atoms with E-state index in [4.69, 9.17) is 37.0 Å². The normalized spacial score (nSPS) is 13.6. The summed E-state index contributed by atoms with van der Waals surface area (Å²) in [5, 5.41) is 10.7. The molecule has 113 heavy (non-hydrogen) atoms. The maximum absolute atomic E-state index is 13.2. The molecule has 0 aromatic carbocycles. The third-order valence-electron chi connectivity index (χ3n) is 22.3. The topological polar surface area (TPSA) is 237 Å². The van der Waals surface area contributed by atoms with Gasteiger partial charge in [-0.2, -0.15) is 0 Å². The van der Waals surface area contributed by atoms with Gasteiger partial charge < -0.3 is 33.8 Å². The highest BCUT2D eigenvalue weighted by atomic mass is 31.2. The molecule has 5 atom stereocenters. The number of esters is 4. The van der Waals surface area contributed by atoms with E-state index in [1.54, 1.807) is 0 Å². The van der Waals surface area contributed by atoms with Crippen molar-refractivity contribution >= 4 is 39.5 Å². The number of rotatable bonds is 94. The molecule has 0 saturated heterocycles. The van der Waals surface area contributed by atoms with Gasteiger partial charge in [-0.3, -0.25) is 37.3 Å². The fraction of sp³-hybridized carbons (Fsp3) is 0.957. The van der Waals surface area contributed by atoms with Crippen molar-refractivity contribution in [2.24, 2.45) is 5.92 Å². The molecule has 0 rings (SSSR count). The van der Waals surface area contributed by atoms with Gasteiger partial charge >= 0.3 is 39.5 Å². The molecule has 3 N–H and O–H groups in total. The van der Waals surface area contributed by atoms with Crippen molar-refractivity contribution in [1.82, 2.24) is 0 Å². The molecule has 0 aromatic rings. The van der Waals surface area contributed by atoms with Crippen LogP contribution in [0.4, 0.5) is 0 Å². The lowest BCUT2D eigenvalue weighted by Gasteiger charge is -2.21. The number of aliphatic hydroxyl groups is 1. The van der Waals surface area contributed by atoms with E-state index in [1.165, 1.54) is 340 Å². The van der Waals surface area contributed by atoms with Crippen LogP contribution in [0.5, 0.6) is 0 Å². The average Bonchev–Trinajstić information content (AvgIpc) is 0.900. The van der Waals surface area contributed by atoms with Gasteiger partial charge in [0.05, 0.1) is 26.4 Å². The highest BCUT2D eigenvalue weighted by Crippen LogP contribution is 2.45. The molecule has 0 aliphatic carbocycles. The van der Waals surface area contributed by atoms with Crippen molar-refractivity contribution in [2.75, 3.05) is 39.6 Å². The number of carbonyl (C=O) groups is 4. The molecule has 2 unspecified atom stereocenters. The Morgan fingerprint density at radius 1 is 0.239 bits per heavy atom. The van der Waals surface area contributed by atoms with E-state index in [-0.39, 0.29) is 25.7 Å². The number of hydrogen-bond acceptors (Lipinski definition) is 15. The lowest BCUT2D eigenvalue weighted by atomic mass is 10.0. The van der Waals surface area contributed by atoms with Crippen LogP contribution < -0.4 is 0 Å². The molecular weight excluding hydrogens is 1460 g/mol. The zero-order chi connectivity index (χ0) is 82.6. The zero-order valence-electron chi connectivity index (χ0n) is 74.5. The summed E-state index contributed by atoms with van der Waals surface area (Å²) in [7, 11) is -9.94. The summed E-state index contributed by atoms with van der Waals surface area (Å²) in [6, 6.07) is 0. The molecule has 0 aliphatic rings. The van der Waals surface area contributed by atoms with Crippen molar-refractivity contribution in [1.29, 1.82) is 0 Å². The fourth-order valence-electron chi connectivity index (χ4n) is 14.9. The lowest BCUT2D eigenvalue weighted by molar-refractivity contribution is -0.161. The summed E-state index contributed by atoms with van der Waals surface area (Å²) in [4.78, 5) is 73.6. The second kappa shape index (κ2) is 86.4. The third kappa shape index (κ3) is 87.7. The van der Waals surface area contributed by atoms with Gasteiger partial charge in [0, 0.05) is 25.7 Å². The molecule has 17 nitrogen and oxygen atoms in total. The Bertz CT molecular complexity index is 2140. The first-order valence-corrected chi connectivity index (χ1v) is 51.6. The van der Waals surface area contributed by atoms with Crippen LogP contribution in [0, 0.1) is 5.92 Å². The van der Waals surface area contributed by atoms with E-state index in [9.17, 15) is 43.2 Å². The molecule has 0 saturated carbocycles. The van der Waals surface area contributed by atoms with Crippen molar-refractivity contribution < 1.29 is 80.2 Å². The quantitative estimate of drug-likeness (QED) is 0.0222. The number of unbranched alkanes of at least 4 members (excludes halogenated alkanes) is 66. The van der Waals surface area contributed by atoms with Gasteiger partial charge in [0.1, 0.15) is 19.3 Å². The monoisotopic (exact) mass is 1650 g/mol. The van der Waals surface area contributed by atoms with Crippen LogP contribution >= 0.6 is 15.6 Å². The van der Waals surface area contributed by atoms with Crippen LogP contribution in [0.2, 0.25) is 0 Å². The predicted octanol–water partition coefficient (Wildman–Crippen LogP) is 29.5. The van der Waals surface area contributed by atoms with Crippen molar-refractivity contribution in [3.63, 3.8) is 0 Å². The second-order valence-electron chi connectivity index (χ2n) is 34.2. The van der Waals surface area contributed by atoms with Crippen molar-refractivity contribution in [3.8, 4) is 0 Å². The van der Waals surface area contributed by atoms with Gasteiger partial charge in [0.15, 0.2) is 12.2 Å². The van der Waals surface area contributed by atoms with E-state index >= 15 is 0 Å². The number of ether oxygens (including phenoxy) is 4. The number of phosphoric ester groups is 2. The standard InChI is InChI=1S/C94H184O17P2/c1-6-9-12-15-18-21-24-27-29-31-33-35-39-43-48-53-58-63-68-73-78-92(97)105-84-90(111-94(99)80-75-70-65-60-55-50-45-41-37-36-38-42-47-51-56-61-66-71-76-87(4)5)86-109-113(102,103)107-82-88(95)81-106-112(100,101)108-85-89(83-104-91(96)77-72-67-62-57-52-46-26-23-20-17-14-11-8-3)110-93(98)79-74-69-64-59-54-49-44-40-34-32-30-28-25-22-19-16-13-10-7-2/h87-90,95H,6-86H2,1-5H3,(H,100,101)(H,102,103)/t88-,89+,90+/m0/s1. The summed E-state index contributed by atoms with van der Waals surface area (Å²) in [5.74, 6) is -1.27. The van der Waals surface area contributed by atoms with Gasteiger partial charge in [-0.25, -0.2) is 9.13 Å². The SMILES string of the molecule is CCCCCCCCCCCCCCCCCCCCCCC(=O)OC[C@H](COP(=O)(O)OC[C@@H](O)COP(=O)(O)OC[C@@H](COC(=O)CCCCCCCCCCCCCCC)OC(=O)CCCCCCCCCCCCCCCCCCCCC)OC(=O)CCCCCCCCCCCCCCCCCCCCC(C)C. The molecule has 0 amide bonds. The van der Waals surface area contributed by atoms with E-state index < -0.39 is 97.5 Å². The number of carbonyl (C=O) groups excluding carboxylic acids is 4. The molecule has 0 aliphatic heterocycles. The molecule has 0 aromatic heterocycles. The van der Waals surface area contributed by atoms with Gasteiger partial charge in [-0.15, -0.1) is 0 Å². The zero-order valence-corrected chi connectivity index (χ0v) is 76.3. The van der Waals surface area contributed by atoms with Crippen LogP contribution in [0.15, 0.2) is 0 Å². The minimum absolute atomic E-state index is 0.110. The number of hydrogen-bond donors (Lipinski definition) is 3. The Morgan fingerprint density at radius 3 is 0.602 bits per heavy atom. The Hall–Kier alpha value is -1.94. The van der Waals surface area contributed by atoms with Crippen LogP contribution in [0.1, 0.15) is 516 Å². The Morgan fingerprint density at radius 2 is 0.407 bits per heavy atom. The van der Waals surface area contributed by atoms with Crippen molar-refractivity contribution in [2.45, 2.75) is 534 Å². The van der Waals surface area contributed by atoms with Gasteiger partial charge in [0.25, 0.3) is 0 Å². The Balaban J connectivity index is 5.25. The molecule has 672 valence electrons. The highest BCUT2D eigenvalue weighted by molar-refractivity contribution is 7.47. The Labute approximate surface area is 696 Å². The molecule has 19 heteroatoms. The molecule has 0 fully saturated rings. The smallest absolute Gasteiger partial charge is 0.462 e. The van der Waals surface area contributed by atoms with Crippen LogP contribution in [0.25, 0.3) is 0 Å². The van der Waals surface area contributed by atoms with Crippen LogP contribution in [-0.2, 0) is 65.4 Å². The summed E-state index contributed by atoms with van der Waals surface area (Å²) in [6.45, 7) is 7.46. The first-order chi connectivity index (χ1) is 55.0. The highest BCUT2D eigenvalue weighted by Gasteiger charge is 2.31. The van der Waals surface area contributed by atoms with E-state index in [2.05, 4.69) is 34.6 Å². The second-order valence-corrected chi connectivity index (χ2v) is 37.1. The predicted molar refractivity (Wildman–Crippen MR) is 469 cm³/mol. The van der Waals surface area contributed by atoms with Crippen LogP contribution in [-0.4, -0.2) is 96.7 Å². The largest absolute Gasteiger partial charge is 0.472 e. The number of aliphatic hydroxyl groups excluding tert-OH is 1. The minimum Gasteiger partial charge on any atom is -0.462 e. The fourth-order valence-corrected chi connectivity index (χ4v) is 16.5. The van der Waals surface area contributed by atoms with Gasteiger partial charge in [-0.1, -0.05) is 465 Å². The maximum atomic E-state index is 13.2. The van der Waals surface area contributed by atoms with Gasteiger partial charge in [-0.05, 0) is 31.6 Å². The summed E-state index contributed by atoms with van der Waals surface area (Å²) < 4.78 is 69.2. The van der Waals surface area contributed by atoms with E-state index in [1.807, 2.05) is 0 Å². The maximum Gasteiger partial charge on any atom is 0.472 e. The van der Waals surface area contributed by atoms with Gasteiger partial charge in [0.2, 0.25) is 0 Å². The average molecular weight is 1650 g/mol.